The molecule has 1 aromatic carbocycles. The van der Waals surface area contributed by atoms with Crippen LogP contribution in [0.15, 0.2) is 6.07 Å². The van der Waals surface area contributed by atoms with Gasteiger partial charge in [-0.05, 0) is 19.4 Å². The number of aryl methyl sites for hydroxylation is 1. The Kier molecular flexibility index (Phi) is 2.90. The highest BCUT2D eigenvalue weighted by atomic mass is 35.5. The van der Waals surface area contributed by atoms with E-state index in [1.54, 1.807) is 6.92 Å². The average Bonchev–Trinajstić information content (AvgIpc) is 2.10. The Morgan fingerprint density at radius 3 is 2.13 bits per heavy atom. The summed E-state index contributed by atoms with van der Waals surface area (Å²) in [5, 5.41) is 20.8. The van der Waals surface area contributed by atoms with Gasteiger partial charge in [0, 0.05) is 11.6 Å². The van der Waals surface area contributed by atoms with Gasteiger partial charge in [0.2, 0.25) is 0 Å². The summed E-state index contributed by atoms with van der Waals surface area (Å²) in [6, 6.07) is 1.23. The zero-order chi connectivity index (χ0) is 11.7. The van der Waals surface area contributed by atoms with Crippen LogP contribution in [0.25, 0.3) is 0 Å². The standard InChI is InChI=1S/C8H7ClN2O4/c1-4-3-6(10(12)13)7(9)8(5(4)2)11(14)15/h3H,1-2H3. The summed E-state index contributed by atoms with van der Waals surface area (Å²) in [4.78, 5) is 19.8. The maximum Gasteiger partial charge on any atom is 0.298 e. The van der Waals surface area contributed by atoms with Crippen molar-refractivity contribution in [2.45, 2.75) is 13.8 Å². The predicted molar refractivity (Wildman–Crippen MR) is 54.2 cm³/mol. The molecule has 80 valence electrons. The molecule has 6 nitrogen and oxygen atoms in total. The Hall–Kier alpha value is -1.69. The van der Waals surface area contributed by atoms with Crippen LogP contribution in [-0.4, -0.2) is 9.85 Å². The SMILES string of the molecule is Cc1cc([N+](=O)[O-])c(Cl)c([N+](=O)[O-])c1C. The van der Waals surface area contributed by atoms with E-state index < -0.39 is 26.2 Å². The lowest BCUT2D eigenvalue weighted by molar-refractivity contribution is -0.394. The molecule has 15 heavy (non-hydrogen) atoms. The normalized spacial score (nSPS) is 10.1. The number of hydrogen-bond donors (Lipinski definition) is 0. The lowest BCUT2D eigenvalue weighted by Crippen LogP contribution is -1.99. The molecule has 1 rings (SSSR count). The van der Waals surface area contributed by atoms with Gasteiger partial charge in [0.15, 0.2) is 5.02 Å². The topological polar surface area (TPSA) is 86.3 Å². The molecule has 0 atom stereocenters. The lowest BCUT2D eigenvalue weighted by atomic mass is 10.1. The van der Waals surface area contributed by atoms with Crippen LogP contribution in [0.4, 0.5) is 11.4 Å². The summed E-state index contributed by atoms with van der Waals surface area (Å²) in [6.07, 6.45) is 0. The number of hydrogen-bond acceptors (Lipinski definition) is 4. The summed E-state index contributed by atoms with van der Waals surface area (Å²) in [6.45, 7) is 3.06. The van der Waals surface area contributed by atoms with E-state index in [2.05, 4.69) is 0 Å². The molecule has 0 saturated heterocycles. The molecule has 7 heteroatoms. The monoisotopic (exact) mass is 230 g/mol. The van der Waals surface area contributed by atoms with E-state index in [0.717, 1.165) is 0 Å². The van der Waals surface area contributed by atoms with E-state index in [-0.39, 0.29) is 0 Å². The third kappa shape index (κ3) is 1.89. The molecule has 0 heterocycles. The van der Waals surface area contributed by atoms with Crippen LogP contribution in [0.1, 0.15) is 11.1 Å². The highest BCUT2D eigenvalue weighted by Crippen LogP contribution is 2.37. The van der Waals surface area contributed by atoms with Gasteiger partial charge in [0.25, 0.3) is 11.4 Å². The largest absolute Gasteiger partial charge is 0.298 e. The van der Waals surface area contributed by atoms with Gasteiger partial charge in [-0.15, -0.1) is 0 Å². The summed E-state index contributed by atoms with van der Waals surface area (Å²) in [7, 11) is 0. The number of nitro benzene ring substituents is 2. The maximum atomic E-state index is 10.7. The van der Waals surface area contributed by atoms with Crippen molar-refractivity contribution < 1.29 is 9.85 Å². The molecular formula is C8H7ClN2O4. The van der Waals surface area contributed by atoms with Crippen LogP contribution in [-0.2, 0) is 0 Å². The van der Waals surface area contributed by atoms with Gasteiger partial charge in [0.1, 0.15) is 0 Å². The molecule has 0 radical (unpaired) electrons. The van der Waals surface area contributed by atoms with Gasteiger partial charge in [-0.1, -0.05) is 11.6 Å². The molecule has 0 unspecified atom stereocenters. The quantitative estimate of drug-likeness (QED) is 0.577. The summed E-state index contributed by atoms with van der Waals surface area (Å²) in [5.41, 5.74) is -0.0248. The highest BCUT2D eigenvalue weighted by molar-refractivity contribution is 6.35. The number of rotatable bonds is 2. The number of halogens is 1. The van der Waals surface area contributed by atoms with E-state index in [1.165, 1.54) is 13.0 Å². The molecule has 0 aliphatic heterocycles. The Balaban J connectivity index is 3.63. The van der Waals surface area contributed by atoms with E-state index in [0.29, 0.717) is 11.1 Å². The van der Waals surface area contributed by atoms with Crippen LogP contribution in [0.5, 0.6) is 0 Å². The number of nitro groups is 2. The Morgan fingerprint density at radius 1 is 1.20 bits per heavy atom. The second kappa shape index (κ2) is 3.82. The van der Waals surface area contributed by atoms with E-state index in [1.807, 2.05) is 0 Å². The van der Waals surface area contributed by atoms with Crippen molar-refractivity contribution >= 4 is 23.0 Å². The fourth-order valence-corrected chi connectivity index (χ4v) is 1.53. The van der Waals surface area contributed by atoms with Gasteiger partial charge >= 0.3 is 0 Å². The predicted octanol–water partition coefficient (Wildman–Crippen LogP) is 2.77. The van der Waals surface area contributed by atoms with Gasteiger partial charge in [-0.25, -0.2) is 0 Å². The number of nitrogens with zero attached hydrogens (tertiary/aromatic N) is 2. The minimum atomic E-state index is -0.734. The van der Waals surface area contributed by atoms with Crippen molar-refractivity contribution in [3.05, 3.63) is 42.4 Å². The second-order valence-electron chi connectivity index (χ2n) is 3.01. The Bertz CT molecular complexity index is 458. The van der Waals surface area contributed by atoms with E-state index >= 15 is 0 Å². The molecule has 0 aliphatic carbocycles. The smallest absolute Gasteiger partial charge is 0.258 e. The number of benzene rings is 1. The zero-order valence-corrected chi connectivity index (χ0v) is 8.74. The van der Waals surface area contributed by atoms with Crippen molar-refractivity contribution in [2.75, 3.05) is 0 Å². The first-order chi connectivity index (χ1) is 6.86. The van der Waals surface area contributed by atoms with E-state index in [9.17, 15) is 20.2 Å². The molecule has 0 saturated carbocycles. The van der Waals surface area contributed by atoms with Crippen LogP contribution < -0.4 is 0 Å². The summed E-state index contributed by atoms with van der Waals surface area (Å²) < 4.78 is 0. The third-order valence-electron chi connectivity index (χ3n) is 2.11. The summed E-state index contributed by atoms with van der Waals surface area (Å²) in [5.74, 6) is 0. The van der Waals surface area contributed by atoms with Crippen LogP contribution >= 0.6 is 11.6 Å². The third-order valence-corrected chi connectivity index (χ3v) is 2.48. The van der Waals surface area contributed by atoms with Crippen molar-refractivity contribution in [1.82, 2.24) is 0 Å². The summed E-state index contributed by atoms with van der Waals surface area (Å²) >= 11 is 5.59. The van der Waals surface area contributed by atoms with Crippen molar-refractivity contribution in [2.24, 2.45) is 0 Å². The minimum absolute atomic E-state index is 0.343. The van der Waals surface area contributed by atoms with Gasteiger partial charge in [-0.2, -0.15) is 0 Å². The molecule has 1 aromatic rings. The fourth-order valence-electron chi connectivity index (χ4n) is 1.20. The second-order valence-corrected chi connectivity index (χ2v) is 3.39. The fraction of sp³-hybridized carbons (Fsp3) is 0.250. The first-order valence-corrected chi connectivity index (χ1v) is 4.32. The molecule has 0 aromatic heterocycles. The van der Waals surface area contributed by atoms with E-state index in [4.69, 9.17) is 11.6 Å². The van der Waals surface area contributed by atoms with Crippen LogP contribution in [0.3, 0.4) is 0 Å². The first kappa shape index (κ1) is 11.4. The van der Waals surface area contributed by atoms with Gasteiger partial charge in [0.05, 0.1) is 9.85 Å². The average molecular weight is 231 g/mol. The Morgan fingerprint density at radius 2 is 1.73 bits per heavy atom. The van der Waals surface area contributed by atoms with Crippen molar-refractivity contribution in [3.8, 4) is 0 Å². The molecular weight excluding hydrogens is 224 g/mol. The highest BCUT2D eigenvalue weighted by Gasteiger charge is 2.27. The van der Waals surface area contributed by atoms with Crippen molar-refractivity contribution in [1.29, 1.82) is 0 Å². The minimum Gasteiger partial charge on any atom is -0.258 e. The zero-order valence-electron chi connectivity index (χ0n) is 7.98. The van der Waals surface area contributed by atoms with Gasteiger partial charge < -0.3 is 0 Å². The molecule has 0 fully saturated rings. The molecule has 0 aliphatic rings. The Labute approximate surface area is 89.8 Å². The molecule has 0 amide bonds. The first-order valence-electron chi connectivity index (χ1n) is 3.94. The molecule has 0 N–H and O–H groups in total. The van der Waals surface area contributed by atoms with Crippen molar-refractivity contribution in [3.63, 3.8) is 0 Å². The molecule has 0 bridgehead atoms. The maximum absolute atomic E-state index is 10.7. The lowest BCUT2D eigenvalue weighted by Gasteiger charge is -2.03. The van der Waals surface area contributed by atoms with Crippen LogP contribution in [0.2, 0.25) is 5.02 Å². The molecule has 0 spiro atoms. The van der Waals surface area contributed by atoms with Gasteiger partial charge in [-0.3, -0.25) is 20.2 Å². The van der Waals surface area contributed by atoms with Crippen LogP contribution in [0, 0.1) is 34.1 Å².